The first-order chi connectivity index (χ1) is 8.72. The van der Waals surface area contributed by atoms with Crippen molar-refractivity contribution in [1.82, 2.24) is 10.3 Å². The van der Waals surface area contributed by atoms with Crippen LogP contribution in [-0.4, -0.2) is 30.3 Å². The summed E-state index contributed by atoms with van der Waals surface area (Å²) in [5, 5.41) is 13.3. The molecule has 1 heterocycles. The summed E-state index contributed by atoms with van der Waals surface area (Å²) in [6.45, 7) is 1.51. The van der Waals surface area contributed by atoms with Gasteiger partial charge in [0.15, 0.2) is 1.41 Å². The maximum Gasteiger partial charge on any atom is 0.211 e. The Hall–Kier alpha value is -0.780. The van der Waals surface area contributed by atoms with E-state index in [1.165, 1.54) is 0 Å². The van der Waals surface area contributed by atoms with Crippen LogP contribution in [0.15, 0.2) is 23.3 Å². The summed E-state index contributed by atoms with van der Waals surface area (Å²) in [7, 11) is 0. The highest BCUT2D eigenvalue weighted by molar-refractivity contribution is 8.93. The van der Waals surface area contributed by atoms with Crippen LogP contribution in [0.4, 0.5) is 0 Å². The molecule has 0 atom stereocenters. The maximum absolute atomic E-state index is 7.05. The van der Waals surface area contributed by atoms with Crippen molar-refractivity contribution in [3.8, 4) is 0 Å². The van der Waals surface area contributed by atoms with Gasteiger partial charge in [-0.1, -0.05) is 29.3 Å². The van der Waals surface area contributed by atoms with Crippen molar-refractivity contribution in [3.63, 3.8) is 0 Å². The lowest BCUT2D eigenvalue weighted by Crippen LogP contribution is -2.44. The first kappa shape index (κ1) is 13.6. The van der Waals surface area contributed by atoms with E-state index in [0.717, 1.165) is 13.0 Å². The molecule has 1 aliphatic rings. The van der Waals surface area contributed by atoms with Gasteiger partial charge in [0.1, 0.15) is 0 Å². The molecule has 0 saturated carbocycles. The standard InChI is InChI=1S/C11H12Cl2N4.BrH/c12-9-3-1-4-10(13)8(9)7-16-17-6-2-5-15-11(17)14;/h1,3-4,7H,2,5-6H2,(H2,14,15);1H. The fraction of sp³-hybridized carbons (Fsp3) is 0.273. The molecule has 4 nitrogen and oxygen atoms in total. The third-order valence-corrected chi connectivity index (χ3v) is 3.06. The van der Waals surface area contributed by atoms with Crippen LogP contribution in [0.2, 0.25) is 11.5 Å². The van der Waals surface area contributed by atoms with Crippen LogP contribution < -0.4 is 5.32 Å². The van der Waals surface area contributed by atoms with E-state index >= 15 is 0 Å². The molecule has 0 unspecified atom stereocenters. The number of halogens is 3. The highest BCUT2D eigenvalue weighted by atomic mass is 79.9. The summed E-state index contributed by atoms with van der Waals surface area (Å²) >= 11 is 12.1. The second kappa shape index (κ2) is 6.97. The molecule has 18 heavy (non-hydrogen) atoms. The lowest BCUT2D eigenvalue weighted by molar-refractivity contribution is 0.384. The Morgan fingerprint density at radius 2 is 2.17 bits per heavy atom. The number of benzene rings is 1. The van der Waals surface area contributed by atoms with E-state index in [4.69, 9.17) is 24.6 Å². The molecule has 0 spiro atoms. The molecule has 1 aromatic rings. The van der Waals surface area contributed by atoms with Crippen LogP contribution in [0.25, 0.3) is 0 Å². The first-order valence-electron chi connectivity index (χ1n) is 5.68. The molecule has 0 amide bonds. The van der Waals surface area contributed by atoms with Gasteiger partial charge in [-0.3, -0.25) is 5.40 Å². The molecule has 98 valence electrons. The second-order valence-electron chi connectivity index (χ2n) is 3.61. The Bertz CT molecular complexity index is 475. The molecular weight excluding hydrogens is 339 g/mol. The van der Waals surface area contributed by atoms with Crippen molar-refractivity contribution in [3.05, 3.63) is 33.8 Å². The topological polar surface area (TPSA) is 51.5 Å². The fourth-order valence-electron chi connectivity index (χ4n) is 1.50. The van der Waals surface area contributed by atoms with Crippen LogP contribution in [-0.2, 0) is 0 Å². The zero-order chi connectivity index (χ0) is 13.0. The second-order valence-corrected chi connectivity index (χ2v) is 4.42. The normalized spacial score (nSPS) is 18.4. The van der Waals surface area contributed by atoms with Crippen LogP contribution in [0.1, 0.15) is 12.0 Å². The maximum atomic E-state index is 7.05. The van der Waals surface area contributed by atoms with Gasteiger partial charge in [0.25, 0.3) is 0 Å². The molecule has 0 aliphatic carbocycles. The highest BCUT2D eigenvalue weighted by Crippen LogP contribution is 2.22. The van der Waals surface area contributed by atoms with Gasteiger partial charge in [-0.2, -0.15) is 5.10 Å². The number of guanidine groups is 1. The summed E-state index contributed by atoms with van der Waals surface area (Å²) in [6.07, 6.45) is 2.52. The predicted octanol–water partition coefficient (Wildman–Crippen LogP) is 3.14. The molecule has 1 saturated heterocycles. The minimum Gasteiger partial charge on any atom is -0.355 e. The molecule has 7 heteroatoms. The van der Waals surface area contributed by atoms with E-state index in [9.17, 15) is 0 Å². The molecule has 0 bridgehead atoms. The zero-order valence-corrected chi connectivity index (χ0v) is 12.7. The van der Waals surface area contributed by atoms with Crippen LogP contribution in [0.5, 0.6) is 0 Å². The van der Waals surface area contributed by atoms with Gasteiger partial charge >= 0.3 is 0 Å². The van der Waals surface area contributed by atoms with E-state index in [0.29, 0.717) is 28.1 Å². The fourth-order valence-corrected chi connectivity index (χ4v) is 2.00. The number of hydrazone groups is 1. The van der Waals surface area contributed by atoms with Gasteiger partial charge in [0.05, 0.1) is 16.3 Å². The predicted molar refractivity (Wildman–Crippen MR) is 81.4 cm³/mol. The average molecular weight is 352 g/mol. The monoisotopic (exact) mass is 350 g/mol. The van der Waals surface area contributed by atoms with Crippen LogP contribution in [0, 0.1) is 5.40 Å². The molecule has 0 aromatic heterocycles. The molecule has 2 rings (SSSR count). The van der Waals surface area contributed by atoms with Crippen LogP contribution >= 0.6 is 40.2 Å². The third-order valence-electron chi connectivity index (χ3n) is 2.40. The van der Waals surface area contributed by atoms with Crippen molar-refractivity contribution < 1.29 is 1.41 Å². The Kier molecular flexibility index (Phi) is 5.28. The Morgan fingerprint density at radius 3 is 2.83 bits per heavy atom. The summed E-state index contributed by atoms with van der Waals surface area (Å²) in [6, 6.07) is 5.28. The van der Waals surface area contributed by atoms with Crippen molar-refractivity contribution in [2.45, 2.75) is 6.42 Å². The van der Waals surface area contributed by atoms with E-state index in [-0.39, 0.29) is 17.0 Å². The van der Waals surface area contributed by atoms with E-state index in [1.807, 2.05) is 0 Å². The van der Waals surface area contributed by atoms with Gasteiger partial charge in [0.2, 0.25) is 5.96 Å². The molecule has 1 fully saturated rings. The highest BCUT2D eigenvalue weighted by Gasteiger charge is 2.12. The molecule has 1 aliphatic heterocycles. The van der Waals surface area contributed by atoms with E-state index in [2.05, 4.69) is 15.8 Å². The lowest BCUT2D eigenvalue weighted by atomic mass is 10.2. The molecule has 2 N–H and O–H groups in total. The SMILES string of the molecule is Br.[H]/N=C1\NCCCN1N=Cc1c(Cl)cccc1Cl. The van der Waals surface area contributed by atoms with Crippen molar-refractivity contribution >= 4 is 52.4 Å². The van der Waals surface area contributed by atoms with Gasteiger partial charge in [-0.25, -0.2) is 5.01 Å². The Morgan fingerprint density at radius 1 is 1.44 bits per heavy atom. The number of hydrogen-bond donors (Lipinski definition) is 2. The lowest BCUT2D eigenvalue weighted by Gasteiger charge is -2.25. The Labute approximate surface area is 128 Å². The van der Waals surface area contributed by atoms with Crippen LogP contribution in [0.3, 0.4) is 0 Å². The quantitative estimate of drug-likeness (QED) is 0.804. The largest absolute Gasteiger partial charge is 0.355 e. The van der Waals surface area contributed by atoms with Crippen molar-refractivity contribution in [1.29, 1.82) is 5.40 Å². The number of hydrogen-bond acceptors (Lipinski definition) is 2. The first-order valence-corrected chi connectivity index (χ1v) is 5.99. The number of rotatable bonds is 2. The van der Waals surface area contributed by atoms with Gasteiger partial charge in [-0.15, -0.1) is 17.0 Å². The summed E-state index contributed by atoms with van der Waals surface area (Å²) in [5.74, 6) is 0.431. The Balaban J connectivity index is 0.00000180. The summed E-state index contributed by atoms with van der Waals surface area (Å²) in [4.78, 5) is 0. The van der Waals surface area contributed by atoms with Crippen molar-refractivity contribution in [2.24, 2.45) is 5.10 Å². The molecule has 1 aromatic carbocycles. The zero-order valence-electron chi connectivity index (χ0n) is 10.4. The van der Waals surface area contributed by atoms with E-state index < -0.39 is 0 Å². The molecular formula is C11H13BrCl2N4. The van der Waals surface area contributed by atoms with Crippen molar-refractivity contribution in [2.75, 3.05) is 13.1 Å². The van der Waals surface area contributed by atoms with Gasteiger partial charge < -0.3 is 5.32 Å². The number of nitrogens with one attached hydrogen (secondary N) is 2. The average Bonchev–Trinajstić information content (AvgIpc) is 2.38. The summed E-state index contributed by atoms with van der Waals surface area (Å²) < 4.78 is 7.05. The number of nitrogens with zero attached hydrogens (tertiary/aromatic N) is 2. The smallest absolute Gasteiger partial charge is 0.211 e. The van der Waals surface area contributed by atoms with Gasteiger partial charge in [-0.05, 0) is 18.6 Å². The van der Waals surface area contributed by atoms with Gasteiger partial charge in [0, 0.05) is 18.7 Å². The molecule has 0 radical (unpaired) electrons. The summed E-state index contributed by atoms with van der Waals surface area (Å²) in [5.41, 5.74) is 0.663. The third kappa shape index (κ3) is 3.60. The minimum absolute atomic E-state index is 0. The minimum atomic E-state index is 0. The van der Waals surface area contributed by atoms with E-state index in [1.54, 1.807) is 29.4 Å².